The van der Waals surface area contributed by atoms with Crippen LogP contribution in [0.15, 0.2) is 6.20 Å². The first-order valence-electron chi connectivity index (χ1n) is 3.42. The third kappa shape index (κ3) is 3.31. The Balaban J connectivity index is 0.00000196. The number of hydrogen-bond donors (Lipinski definition) is 2. The molecule has 0 aromatic carbocycles. The van der Waals surface area contributed by atoms with Crippen LogP contribution < -0.4 is 5.73 Å². The Morgan fingerprint density at radius 2 is 2.13 bits per heavy atom. The summed E-state index contributed by atoms with van der Waals surface area (Å²) >= 11 is 0. The second-order valence-corrected chi connectivity index (χ2v) is 2.52. The fourth-order valence-electron chi connectivity index (χ4n) is 0.877. The standard InChI is InChI=1S/C6H6F3N3O2.ClH/c7-6(8,9)5-3(10)1-12(11-5)2-4(13)14;/h1H,2,10H2,(H,13,14);1H. The molecule has 0 radical (unpaired) electrons. The van der Waals surface area contributed by atoms with Crippen LogP contribution in [0, 0.1) is 0 Å². The van der Waals surface area contributed by atoms with Crippen molar-refractivity contribution in [1.82, 2.24) is 9.78 Å². The number of carboxylic acid groups (broad SMARTS) is 1. The molecule has 5 nitrogen and oxygen atoms in total. The minimum Gasteiger partial charge on any atom is -0.480 e. The van der Waals surface area contributed by atoms with Gasteiger partial charge in [0.15, 0.2) is 5.69 Å². The summed E-state index contributed by atoms with van der Waals surface area (Å²) in [7, 11) is 0. The van der Waals surface area contributed by atoms with Gasteiger partial charge in [0, 0.05) is 6.20 Å². The zero-order chi connectivity index (χ0) is 10.9. The van der Waals surface area contributed by atoms with Gasteiger partial charge in [0.25, 0.3) is 0 Å². The summed E-state index contributed by atoms with van der Waals surface area (Å²) in [5, 5.41) is 11.3. The molecule has 0 bridgehead atoms. The van der Waals surface area contributed by atoms with Crippen LogP contribution in [0.2, 0.25) is 0 Å². The molecule has 0 saturated carbocycles. The number of hydrogen-bond acceptors (Lipinski definition) is 3. The van der Waals surface area contributed by atoms with Crippen LogP contribution in [0.25, 0.3) is 0 Å². The van der Waals surface area contributed by atoms with Gasteiger partial charge in [-0.3, -0.25) is 9.48 Å². The summed E-state index contributed by atoms with van der Waals surface area (Å²) < 4.78 is 36.9. The molecule has 0 spiro atoms. The Morgan fingerprint density at radius 1 is 1.60 bits per heavy atom. The van der Waals surface area contributed by atoms with Crippen molar-refractivity contribution in [2.24, 2.45) is 0 Å². The van der Waals surface area contributed by atoms with Crippen LogP contribution >= 0.6 is 12.4 Å². The summed E-state index contributed by atoms with van der Waals surface area (Å²) in [6.45, 7) is -0.653. The first kappa shape index (κ1) is 13.6. The van der Waals surface area contributed by atoms with E-state index in [-0.39, 0.29) is 12.4 Å². The van der Waals surface area contributed by atoms with E-state index in [4.69, 9.17) is 10.8 Å². The predicted molar refractivity (Wildman–Crippen MR) is 46.5 cm³/mol. The largest absolute Gasteiger partial charge is 0.480 e. The summed E-state index contributed by atoms with van der Waals surface area (Å²) in [4.78, 5) is 10.2. The number of rotatable bonds is 2. The normalized spacial score (nSPS) is 10.9. The van der Waals surface area contributed by atoms with Gasteiger partial charge in [-0.1, -0.05) is 0 Å². The molecule has 0 atom stereocenters. The van der Waals surface area contributed by atoms with Crippen LogP contribution in [0.1, 0.15) is 5.69 Å². The number of halogens is 4. The molecule has 0 aliphatic carbocycles. The molecular weight excluding hydrogens is 239 g/mol. The Hall–Kier alpha value is -1.44. The third-order valence-electron chi connectivity index (χ3n) is 1.36. The van der Waals surface area contributed by atoms with Gasteiger partial charge in [0.1, 0.15) is 6.54 Å². The minimum atomic E-state index is -4.66. The van der Waals surface area contributed by atoms with Crippen molar-refractivity contribution in [3.05, 3.63) is 11.9 Å². The Kier molecular flexibility index (Phi) is 3.97. The van der Waals surface area contributed by atoms with E-state index in [0.717, 1.165) is 6.20 Å². The number of anilines is 1. The number of aromatic nitrogens is 2. The van der Waals surface area contributed by atoms with E-state index in [1.165, 1.54) is 0 Å². The van der Waals surface area contributed by atoms with Crippen molar-refractivity contribution in [3.63, 3.8) is 0 Å². The molecule has 1 rings (SSSR count). The number of nitrogens with zero attached hydrogens (tertiary/aromatic N) is 2. The van der Waals surface area contributed by atoms with Gasteiger partial charge in [0.2, 0.25) is 0 Å². The fourth-order valence-corrected chi connectivity index (χ4v) is 0.877. The van der Waals surface area contributed by atoms with Crippen molar-refractivity contribution >= 4 is 24.1 Å². The van der Waals surface area contributed by atoms with E-state index in [1.807, 2.05) is 0 Å². The Bertz CT molecular complexity index is 363. The first-order valence-corrected chi connectivity index (χ1v) is 3.42. The SMILES string of the molecule is Cl.Nc1cn(CC(=O)O)nc1C(F)(F)F. The monoisotopic (exact) mass is 245 g/mol. The average Bonchev–Trinajstić information content (AvgIpc) is 2.27. The van der Waals surface area contributed by atoms with Crippen LogP contribution in [-0.2, 0) is 17.5 Å². The van der Waals surface area contributed by atoms with Crippen LogP contribution in [-0.4, -0.2) is 20.9 Å². The molecule has 1 heterocycles. The molecular formula is C6H7ClF3N3O2. The zero-order valence-corrected chi connectivity index (χ0v) is 7.97. The molecule has 15 heavy (non-hydrogen) atoms. The molecule has 0 amide bonds. The molecule has 0 fully saturated rings. The zero-order valence-electron chi connectivity index (χ0n) is 7.15. The van der Waals surface area contributed by atoms with Crippen LogP contribution in [0.4, 0.5) is 18.9 Å². The predicted octanol–water partition coefficient (Wildman–Crippen LogP) is 0.990. The van der Waals surface area contributed by atoms with Gasteiger partial charge in [-0.25, -0.2) is 0 Å². The molecule has 1 aromatic heterocycles. The maximum Gasteiger partial charge on any atom is 0.437 e. The molecule has 0 unspecified atom stereocenters. The van der Waals surface area contributed by atoms with E-state index in [0.29, 0.717) is 4.68 Å². The quantitative estimate of drug-likeness (QED) is 0.814. The lowest BCUT2D eigenvalue weighted by molar-refractivity contribution is -0.142. The van der Waals surface area contributed by atoms with Gasteiger partial charge >= 0.3 is 12.1 Å². The van der Waals surface area contributed by atoms with Crippen LogP contribution in [0.3, 0.4) is 0 Å². The smallest absolute Gasteiger partial charge is 0.437 e. The van der Waals surface area contributed by atoms with E-state index in [9.17, 15) is 18.0 Å². The van der Waals surface area contributed by atoms with Gasteiger partial charge < -0.3 is 10.8 Å². The lowest BCUT2D eigenvalue weighted by atomic mass is 10.4. The topological polar surface area (TPSA) is 81.1 Å². The third-order valence-corrected chi connectivity index (χ3v) is 1.36. The molecule has 0 aliphatic rings. The highest BCUT2D eigenvalue weighted by molar-refractivity contribution is 5.85. The highest BCUT2D eigenvalue weighted by atomic mass is 35.5. The average molecular weight is 246 g/mol. The van der Waals surface area contributed by atoms with Crippen molar-refractivity contribution in [2.75, 3.05) is 5.73 Å². The molecule has 0 saturated heterocycles. The van der Waals surface area contributed by atoms with E-state index >= 15 is 0 Å². The molecule has 9 heteroatoms. The van der Waals surface area contributed by atoms with Gasteiger partial charge in [-0.15, -0.1) is 12.4 Å². The maximum atomic E-state index is 12.1. The molecule has 86 valence electrons. The highest BCUT2D eigenvalue weighted by Crippen LogP contribution is 2.31. The van der Waals surface area contributed by atoms with E-state index in [2.05, 4.69) is 5.10 Å². The summed E-state index contributed by atoms with van der Waals surface area (Å²) in [5.41, 5.74) is 3.16. The van der Waals surface area contributed by atoms with Gasteiger partial charge in [-0.2, -0.15) is 18.3 Å². The van der Waals surface area contributed by atoms with Crippen molar-refractivity contribution in [3.8, 4) is 0 Å². The maximum absolute atomic E-state index is 12.1. The summed E-state index contributed by atoms with van der Waals surface area (Å²) in [5.74, 6) is -1.29. The Morgan fingerprint density at radius 3 is 2.47 bits per heavy atom. The first-order chi connectivity index (χ1) is 6.30. The number of aliphatic carboxylic acids is 1. The molecule has 0 aliphatic heterocycles. The summed E-state index contributed by atoms with van der Waals surface area (Å²) in [6.07, 6.45) is -3.83. The van der Waals surface area contributed by atoms with Gasteiger partial charge in [-0.05, 0) is 0 Å². The van der Waals surface area contributed by atoms with E-state index < -0.39 is 30.1 Å². The van der Waals surface area contributed by atoms with Crippen molar-refractivity contribution in [2.45, 2.75) is 12.7 Å². The van der Waals surface area contributed by atoms with E-state index in [1.54, 1.807) is 0 Å². The number of nitrogens with two attached hydrogens (primary N) is 1. The fraction of sp³-hybridized carbons (Fsp3) is 0.333. The van der Waals surface area contributed by atoms with Crippen LogP contribution in [0.5, 0.6) is 0 Å². The minimum absolute atomic E-state index is 0. The van der Waals surface area contributed by atoms with Gasteiger partial charge in [0.05, 0.1) is 5.69 Å². The second kappa shape index (κ2) is 4.39. The van der Waals surface area contributed by atoms with Crippen molar-refractivity contribution in [1.29, 1.82) is 0 Å². The summed E-state index contributed by atoms with van der Waals surface area (Å²) in [6, 6.07) is 0. The van der Waals surface area contributed by atoms with Crippen molar-refractivity contribution < 1.29 is 23.1 Å². The lowest BCUT2D eigenvalue weighted by Gasteiger charge is -2.01. The Labute approximate surface area is 88.1 Å². The molecule has 3 N–H and O–H groups in total. The number of carbonyl (C=O) groups is 1. The molecule has 1 aromatic rings. The number of nitrogen functional groups attached to an aromatic ring is 1. The number of alkyl halides is 3. The second-order valence-electron chi connectivity index (χ2n) is 2.52. The number of carboxylic acids is 1. The lowest BCUT2D eigenvalue weighted by Crippen LogP contribution is -2.12. The highest BCUT2D eigenvalue weighted by Gasteiger charge is 2.36.